The van der Waals surface area contributed by atoms with Gasteiger partial charge in [0.05, 0.1) is 6.10 Å². The van der Waals surface area contributed by atoms with Crippen LogP contribution in [0.3, 0.4) is 0 Å². The summed E-state index contributed by atoms with van der Waals surface area (Å²) < 4.78 is 8.37. The zero-order valence-electron chi connectivity index (χ0n) is 16.1. The predicted molar refractivity (Wildman–Crippen MR) is 108 cm³/mol. The Balaban J connectivity index is 1.47. The van der Waals surface area contributed by atoms with Gasteiger partial charge in [0.2, 0.25) is 0 Å². The number of aryl methyl sites for hydroxylation is 2. The van der Waals surface area contributed by atoms with Gasteiger partial charge in [0.1, 0.15) is 17.4 Å². The first-order chi connectivity index (χ1) is 13.2. The van der Waals surface area contributed by atoms with Crippen LogP contribution >= 0.6 is 0 Å². The first kappa shape index (κ1) is 17.8. The van der Waals surface area contributed by atoms with Crippen LogP contribution in [-0.2, 0) is 6.42 Å². The zero-order chi connectivity index (χ0) is 18.6. The zero-order valence-corrected chi connectivity index (χ0v) is 16.1. The van der Waals surface area contributed by atoms with Gasteiger partial charge < -0.3 is 4.74 Å². The van der Waals surface area contributed by atoms with Crippen LogP contribution in [0.5, 0.6) is 5.75 Å². The highest BCUT2D eigenvalue weighted by molar-refractivity contribution is 5.37. The molecule has 140 valence electrons. The number of hydrogen-bond donors (Lipinski definition) is 0. The molecule has 1 heterocycles. The van der Waals surface area contributed by atoms with E-state index in [4.69, 9.17) is 4.74 Å². The van der Waals surface area contributed by atoms with Crippen LogP contribution in [0, 0.1) is 6.92 Å². The summed E-state index contributed by atoms with van der Waals surface area (Å²) in [5.74, 6) is 3.45. The Bertz CT molecular complexity index is 862. The summed E-state index contributed by atoms with van der Waals surface area (Å²) in [6.45, 7) is 4.22. The topological polar surface area (TPSA) is 39.9 Å². The van der Waals surface area contributed by atoms with E-state index < -0.39 is 0 Å². The van der Waals surface area contributed by atoms with Crippen LogP contribution in [0.25, 0.3) is 5.69 Å². The molecular formula is C23H27N3O. The summed E-state index contributed by atoms with van der Waals surface area (Å²) in [4.78, 5) is 0. The molecular weight excluding hydrogens is 334 g/mol. The Morgan fingerprint density at radius 1 is 0.926 bits per heavy atom. The summed E-state index contributed by atoms with van der Waals surface area (Å²) in [5.41, 5.74) is 2.51. The quantitative estimate of drug-likeness (QED) is 0.623. The monoisotopic (exact) mass is 361 g/mol. The molecule has 0 spiro atoms. The van der Waals surface area contributed by atoms with Crippen molar-refractivity contribution < 1.29 is 4.74 Å². The molecule has 27 heavy (non-hydrogen) atoms. The van der Waals surface area contributed by atoms with Gasteiger partial charge in [-0.05, 0) is 68.9 Å². The van der Waals surface area contributed by atoms with Crippen molar-refractivity contribution in [2.45, 2.75) is 58.0 Å². The number of benzene rings is 2. The highest BCUT2D eigenvalue weighted by Gasteiger charge is 2.28. The molecule has 0 aliphatic heterocycles. The highest BCUT2D eigenvalue weighted by Crippen LogP contribution is 2.35. The third-order valence-electron chi connectivity index (χ3n) is 5.54. The average Bonchev–Trinajstić information content (AvgIpc) is 3.11. The molecule has 1 aromatic heterocycles. The number of hydrogen-bond acceptors (Lipinski definition) is 3. The van der Waals surface area contributed by atoms with Crippen LogP contribution in [0.15, 0.2) is 54.6 Å². The Hall–Kier alpha value is -2.62. The van der Waals surface area contributed by atoms with Gasteiger partial charge in [0, 0.05) is 11.6 Å². The molecule has 0 bridgehead atoms. The Labute approximate surface area is 161 Å². The van der Waals surface area contributed by atoms with Crippen molar-refractivity contribution >= 4 is 0 Å². The molecule has 1 aliphatic carbocycles. The maximum Gasteiger partial charge on any atom is 0.140 e. The van der Waals surface area contributed by atoms with E-state index in [0.29, 0.717) is 12.0 Å². The van der Waals surface area contributed by atoms with Crippen molar-refractivity contribution in [1.29, 1.82) is 0 Å². The first-order valence-electron chi connectivity index (χ1n) is 9.97. The molecule has 2 aromatic carbocycles. The van der Waals surface area contributed by atoms with Crippen LogP contribution in [0.4, 0.5) is 0 Å². The lowest BCUT2D eigenvalue weighted by Crippen LogP contribution is -2.24. The number of nitrogens with zero attached hydrogens (tertiary/aromatic N) is 3. The molecule has 0 unspecified atom stereocenters. The third kappa shape index (κ3) is 3.90. The van der Waals surface area contributed by atoms with Crippen molar-refractivity contribution in [1.82, 2.24) is 14.8 Å². The fourth-order valence-electron chi connectivity index (χ4n) is 3.97. The molecule has 4 nitrogen and oxygen atoms in total. The van der Waals surface area contributed by atoms with E-state index >= 15 is 0 Å². The Morgan fingerprint density at radius 3 is 2.30 bits per heavy atom. The lowest BCUT2D eigenvalue weighted by molar-refractivity contribution is 0.144. The molecule has 1 fully saturated rings. The largest absolute Gasteiger partial charge is 0.490 e. The highest BCUT2D eigenvalue weighted by atomic mass is 16.5. The smallest absolute Gasteiger partial charge is 0.140 e. The number of aromatic nitrogens is 3. The third-order valence-corrected chi connectivity index (χ3v) is 5.54. The first-order valence-corrected chi connectivity index (χ1v) is 9.97. The maximum absolute atomic E-state index is 6.14. The second kappa shape index (κ2) is 7.95. The lowest BCUT2D eigenvalue weighted by atomic mass is 9.86. The minimum atomic E-state index is 0.296. The molecule has 4 rings (SSSR count). The van der Waals surface area contributed by atoms with Gasteiger partial charge in [0.15, 0.2) is 0 Å². The van der Waals surface area contributed by atoms with E-state index in [2.05, 4.69) is 46.0 Å². The van der Waals surface area contributed by atoms with Crippen molar-refractivity contribution in [2.24, 2.45) is 0 Å². The SMILES string of the molecule is CCc1ccc(-n2c(C)nnc2C2CCC(Oc3ccccc3)CC2)cc1. The molecule has 3 aromatic rings. The Kier molecular flexibility index (Phi) is 5.23. The van der Waals surface area contributed by atoms with Crippen LogP contribution in [-0.4, -0.2) is 20.9 Å². The van der Waals surface area contributed by atoms with E-state index in [1.807, 2.05) is 37.3 Å². The Morgan fingerprint density at radius 2 is 1.63 bits per heavy atom. The molecule has 1 aliphatic rings. The van der Waals surface area contributed by atoms with Gasteiger partial charge in [0.25, 0.3) is 0 Å². The number of ether oxygens (including phenoxy) is 1. The van der Waals surface area contributed by atoms with Gasteiger partial charge in [-0.2, -0.15) is 0 Å². The van der Waals surface area contributed by atoms with E-state index in [0.717, 1.165) is 55.2 Å². The molecule has 0 radical (unpaired) electrons. The molecule has 1 saturated carbocycles. The second-order valence-electron chi connectivity index (χ2n) is 7.37. The van der Waals surface area contributed by atoms with E-state index in [-0.39, 0.29) is 0 Å². The van der Waals surface area contributed by atoms with Gasteiger partial charge in [-0.25, -0.2) is 0 Å². The van der Waals surface area contributed by atoms with Gasteiger partial charge in [-0.3, -0.25) is 4.57 Å². The fourth-order valence-corrected chi connectivity index (χ4v) is 3.97. The molecule has 0 amide bonds. The average molecular weight is 361 g/mol. The molecule has 0 N–H and O–H groups in total. The molecule has 4 heteroatoms. The summed E-state index contributed by atoms with van der Waals surface area (Å²) in [5, 5.41) is 8.92. The van der Waals surface area contributed by atoms with Crippen molar-refractivity contribution in [3.05, 3.63) is 71.8 Å². The normalized spacial score (nSPS) is 19.8. The van der Waals surface area contributed by atoms with Crippen molar-refractivity contribution in [3.63, 3.8) is 0 Å². The summed E-state index contributed by atoms with van der Waals surface area (Å²) >= 11 is 0. The van der Waals surface area contributed by atoms with E-state index in [1.165, 1.54) is 5.56 Å². The maximum atomic E-state index is 6.14. The summed E-state index contributed by atoms with van der Waals surface area (Å²) in [6.07, 6.45) is 5.64. The minimum Gasteiger partial charge on any atom is -0.490 e. The molecule has 0 atom stereocenters. The number of rotatable bonds is 5. The summed E-state index contributed by atoms with van der Waals surface area (Å²) in [6, 6.07) is 18.9. The van der Waals surface area contributed by atoms with Crippen molar-refractivity contribution in [2.75, 3.05) is 0 Å². The van der Waals surface area contributed by atoms with Crippen LogP contribution in [0.1, 0.15) is 55.7 Å². The van der Waals surface area contributed by atoms with Crippen LogP contribution < -0.4 is 4.74 Å². The fraction of sp³-hybridized carbons (Fsp3) is 0.391. The van der Waals surface area contributed by atoms with E-state index in [1.54, 1.807) is 0 Å². The van der Waals surface area contributed by atoms with Crippen molar-refractivity contribution in [3.8, 4) is 11.4 Å². The summed E-state index contributed by atoms with van der Waals surface area (Å²) in [7, 11) is 0. The van der Waals surface area contributed by atoms with Gasteiger partial charge in [-0.15, -0.1) is 10.2 Å². The predicted octanol–water partition coefficient (Wildman–Crippen LogP) is 5.24. The molecule has 0 saturated heterocycles. The minimum absolute atomic E-state index is 0.296. The van der Waals surface area contributed by atoms with Gasteiger partial charge in [-0.1, -0.05) is 37.3 Å². The lowest BCUT2D eigenvalue weighted by Gasteiger charge is -2.28. The standard InChI is InChI=1S/C23H27N3O/c1-3-18-9-13-20(14-10-18)26-17(2)24-25-23(26)19-11-15-22(16-12-19)27-21-7-5-4-6-8-21/h4-10,13-14,19,22H,3,11-12,15-16H2,1-2H3. The van der Waals surface area contributed by atoms with Gasteiger partial charge >= 0.3 is 0 Å². The number of para-hydroxylation sites is 1. The second-order valence-corrected chi connectivity index (χ2v) is 7.37. The van der Waals surface area contributed by atoms with E-state index in [9.17, 15) is 0 Å². The van der Waals surface area contributed by atoms with Crippen LogP contribution in [0.2, 0.25) is 0 Å².